The van der Waals surface area contributed by atoms with E-state index < -0.39 is 0 Å². The molecule has 0 bridgehead atoms. The molecule has 1 saturated carbocycles. The van der Waals surface area contributed by atoms with E-state index in [0.717, 1.165) is 29.4 Å². The zero-order chi connectivity index (χ0) is 18.0. The lowest BCUT2D eigenvalue weighted by Gasteiger charge is -2.17. The number of benzene rings is 3. The van der Waals surface area contributed by atoms with E-state index in [0.29, 0.717) is 13.1 Å². The molecule has 3 aromatic carbocycles. The lowest BCUT2D eigenvalue weighted by atomic mass is 9.96. The molecule has 1 aliphatic rings. The van der Waals surface area contributed by atoms with Gasteiger partial charge in [0.05, 0.1) is 0 Å². The van der Waals surface area contributed by atoms with Crippen LogP contribution in [0.25, 0.3) is 10.8 Å². The maximum absolute atomic E-state index is 13.1. The van der Waals surface area contributed by atoms with Crippen molar-refractivity contribution < 1.29 is 9.18 Å². The van der Waals surface area contributed by atoms with Gasteiger partial charge in [0.15, 0.2) is 0 Å². The quantitative estimate of drug-likeness (QED) is 0.700. The molecular weight excluding hydrogens is 327 g/mol. The molecule has 0 aliphatic heterocycles. The molecular formula is C22H21FN2O. The summed E-state index contributed by atoms with van der Waals surface area (Å²) in [5, 5.41) is 8.24. The normalized spacial score (nSPS) is 14.8. The first-order valence-electron chi connectivity index (χ1n) is 8.91. The summed E-state index contributed by atoms with van der Waals surface area (Å²) in [5.74, 6) is -0.231. The van der Waals surface area contributed by atoms with E-state index in [1.54, 1.807) is 0 Å². The Hall–Kier alpha value is -2.88. The van der Waals surface area contributed by atoms with Crippen LogP contribution in [0, 0.1) is 5.82 Å². The van der Waals surface area contributed by atoms with Crippen LogP contribution in [0.2, 0.25) is 0 Å². The van der Waals surface area contributed by atoms with Gasteiger partial charge in [-0.2, -0.15) is 0 Å². The van der Waals surface area contributed by atoms with Crippen LogP contribution in [-0.4, -0.2) is 12.6 Å². The standard InChI is InChI=1S/C22H21FN2O/c23-19-10-8-18(9-11-19)22(12-13-22)15-25-21(26)24-14-17-6-3-5-16-4-1-2-7-20(16)17/h1-11H,12-15H2,(H2,24,25,26). The summed E-state index contributed by atoms with van der Waals surface area (Å²) in [6.45, 7) is 1.05. The third-order valence-electron chi connectivity index (χ3n) is 5.22. The van der Waals surface area contributed by atoms with Crippen molar-refractivity contribution in [3.63, 3.8) is 0 Å². The van der Waals surface area contributed by atoms with Crippen LogP contribution in [-0.2, 0) is 12.0 Å². The average molecular weight is 348 g/mol. The fourth-order valence-electron chi connectivity index (χ4n) is 3.46. The van der Waals surface area contributed by atoms with Gasteiger partial charge in [-0.3, -0.25) is 0 Å². The van der Waals surface area contributed by atoms with Crippen molar-refractivity contribution in [1.29, 1.82) is 0 Å². The van der Waals surface area contributed by atoms with E-state index in [9.17, 15) is 9.18 Å². The molecule has 4 rings (SSSR count). The van der Waals surface area contributed by atoms with Crippen molar-refractivity contribution in [2.75, 3.05) is 6.54 Å². The van der Waals surface area contributed by atoms with E-state index >= 15 is 0 Å². The minimum Gasteiger partial charge on any atom is -0.337 e. The Morgan fingerprint density at radius 2 is 1.65 bits per heavy atom. The second kappa shape index (κ2) is 6.79. The van der Waals surface area contributed by atoms with Crippen LogP contribution in [0.4, 0.5) is 9.18 Å². The fourth-order valence-corrected chi connectivity index (χ4v) is 3.46. The van der Waals surface area contributed by atoms with Crippen molar-refractivity contribution in [3.8, 4) is 0 Å². The SMILES string of the molecule is O=C(NCc1cccc2ccccc12)NCC1(c2ccc(F)cc2)CC1. The van der Waals surface area contributed by atoms with Gasteiger partial charge in [-0.05, 0) is 46.9 Å². The van der Waals surface area contributed by atoms with Gasteiger partial charge >= 0.3 is 6.03 Å². The maximum Gasteiger partial charge on any atom is 0.315 e. The molecule has 0 saturated heterocycles. The first kappa shape index (κ1) is 16.6. The Morgan fingerprint density at radius 3 is 2.42 bits per heavy atom. The minimum absolute atomic E-state index is 0.0372. The van der Waals surface area contributed by atoms with Gasteiger partial charge in [-0.25, -0.2) is 9.18 Å². The molecule has 0 heterocycles. The molecule has 4 heteroatoms. The largest absolute Gasteiger partial charge is 0.337 e. The number of amides is 2. The van der Waals surface area contributed by atoms with E-state index in [-0.39, 0.29) is 17.3 Å². The number of urea groups is 1. The number of hydrogen-bond acceptors (Lipinski definition) is 1. The average Bonchev–Trinajstić information content (AvgIpc) is 3.46. The third-order valence-corrected chi connectivity index (χ3v) is 5.22. The van der Waals surface area contributed by atoms with E-state index in [4.69, 9.17) is 0 Å². The Morgan fingerprint density at radius 1 is 0.923 bits per heavy atom. The van der Waals surface area contributed by atoms with Crippen LogP contribution in [0.5, 0.6) is 0 Å². The number of rotatable bonds is 5. The molecule has 3 nitrogen and oxygen atoms in total. The highest BCUT2D eigenvalue weighted by Crippen LogP contribution is 2.47. The number of halogens is 1. The second-order valence-corrected chi connectivity index (χ2v) is 6.96. The van der Waals surface area contributed by atoms with Crippen molar-refractivity contribution in [2.24, 2.45) is 0 Å². The van der Waals surface area contributed by atoms with Crippen molar-refractivity contribution in [3.05, 3.63) is 83.7 Å². The van der Waals surface area contributed by atoms with Gasteiger partial charge in [0.25, 0.3) is 0 Å². The van der Waals surface area contributed by atoms with Gasteiger partial charge < -0.3 is 10.6 Å². The van der Waals surface area contributed by atoms with Crippen LogP contribution in [0.1, 0.15) is 24.0 Å². The fraction of sp³-hybridized carbons (Fsp3) is 0.227. The van der Waals surface area contributed by atoms with E-state index in [2.05, 4.69) is 28.8 Å². The predicted molar refractivity (Wildman–Crippen MR) is 101 cm³/mol. The minimum atomic E-state index is -0.231. The summed E-state index contributed by atoms with van der Waals surface area (Å²) in [6, 6.07) is 20.7. The lowest BCUT2D eigenvalue weighted by Crippen LogP contribution is -2.39. The Balaban J connectivity index is 1.35. The van der Waals surface area contributed by atoms with Crippen molar-refractivity contribution >= 4 is 16.8 Å². The first-order valence-corrected chi connectivity index (χ1v) is 8.91. The number of nitrogens with one attached hydrogen (secondary N) is 2. The Bertz CT molecular complexity index is 927. The predicted octanol–water partition coefficient (Wildman–Crippen LogP) is 4.51. The van der Waals surface area contributed by atoms with Crippen LogP contribution in [0.15, 0.2) is 66.7 Å². The molecule has 132 valence electrons. The highest BCUT2D eigenvalue weighted by molar-refractivity contribution is 5.86. The molecule has 0 radical (unpaired) electrons. The third kappa shape index (κ3) is 3.40. The van der Waals surface area contributed by atoms with Gasteiger partial charge in [0.1, 0.15) is 5.82 Å². The number of hydrogen-bond donors (Lipinski definition) is 2. The molecule has 0 unspecified atom stereocenters. The van der Waals surface area contributed by atoms with Crippen molar-refractivity contribution in [1.82, 2.24) is 10.6 Å². The Kier molecular flexibility index (Phi) is 4.33. The summed E-state index contributed by atoms with van der Waals surface area (Å²) >= 11 is 0. The maximum atomic E-state index is 13.1. The zero-order valence-electron chi connectivity index (χ0n) is 14.5. The summed E-state index contributed by atoms with van der Waals surface area (Å²) in [7, 11) is 0. The lowest BCUT2D eigenvalue weighted by molar-refractivity contribution is 0.239. The topological polar surface area (TPSA) is 41.1 Å². The van der Waals surface area contributed by atoms with Crippen molar-refractivity contribution in [2.45, 2.75) is 24.8 Å². The Labute approximate surface area is 152 Å². The second-order valence-electron chi connectivity index (χ2n) is 6.96. The van der Waals surface area contributed by atoms with Gasteiger partial charge in [0, 0.05) is 18.5 Å². The highest BCUT2D eigenvalue weighted by Gasteiger charge is 2.44. The summed E-state index contributed by atoms with van der Waals surface area (Å²) in [4.78, 5) is 12.2. The monoisotopic (exact) mass is 348 g/mol. The molecule has 2 amide bonds. The molecule has 0 spiro atoms. The van der Waals surface area contributed by atoms with Gasteiger partial charge in [0.2, 0.25) is 0 Å². The van der Waals surface area contributed by atoms with Crippen LogP contribution >= 0.6 is 0 Å². The van der Waals surface area contributed by atoms with E-state index in [1.807, 2.05) is 36.4 Å². The highest BCUT2D eigenvalue weighted by atomic mass is 19.1. The van der Waals surface area contributed by atoms with Gasteiger partial charge in [-0.1, -0.05) is 54.6 Å². The summed E-state index contributed by atoms with van der Waals surface area (Å²) in [6.07, 6.45) is 2.03. The van der Waals surface area contributed by atoms with Crippen LogP contribution in [0.3, 0.4) is 0 Å². The molecule has 1 aliphatic carbocycles. The molecule has 26 heavy (non-hydrogen) atoms. The zero-order valence-corrected chi connectivity index (χ0v) is 14.5. The molecule has 3 aromatic rings. The molecule has 0 atom stereocenters. The molecule has 0 aromatic heterocycles. The summed E-state index contributed by atoms with van der Waals surface area (Å²) < 4.78 is 13.1. The number of carbonyl (C=O) groups is 1. The number of fused-ring (bicyclic) bond motifs is 1. The molecule has 2 N–H and O–H groups in total. The smallest absolute Gasteiger partial charge is 0.315 e. The first-order chi connectivity index (χ1) is 12.7. The molecule has 1 fully saturated rings. The van der Waals surface area contributed by atoms with E-state index in [1.165, 1.54) is 17.5 Å². The van der Waals surface area contributed by atoms with Crippen LogP contribution < -0.4 is 10.6 Å². The van der Waals surface area contributed by atoms with Gasteiger partial charge in [-0.15, -0.1) is 0 Å². The summed E-state index contributed by atoms with van der Waals surface area (Å²) in [5.41, 5.74) is 2.15. The number of carbonyl (C=O) groups excluding carboxylic acids is 1.